The molecular weight excluding hydrogens is 196 g/mol. The molecule has 0 heterocycles. The quantitative estimate of drug-likeness (QED) is 0.654. The average Bonchev–Trinajstić information content (AvgIpc) is 2.84. The standard InChI is InChI=1S/C10H18N2O3/c1-7(11)4-9(13)12(6-10(14)15)5-8-2-3-8/h7-8H,2-6,11H2,1H3,(H,14,15). The molecule has 1 fully saturated rings. The van der Waals surface area contributed by atoms with Crippen molar-refractivity contribution in [2.75, 3.05) is 13.1 Å². The summed E-state index contributed by atoms with van der Waals surface area (Å²) in [4.78, 5) is 23.6. The Morgan fingerprint density at radius 2 is 2.13 bits per heavy atom. The van der Waals surface area contributed by atoms with E-state index in [9.17, 15) is 9.59 Å². The molecule has 1 aliphatic rings. The van der Waals surface area contributed by atoms with E-state index in [1.54, 1.807) is 6.92 Å². The minimum absolute atomic E-state index is 0.153. The van der Waals surface area contributed by atoms with Gasteiger partial charge in [0, 0.05) is 19.0 Å². The van der Waals surface area contributed by atoms with Crippen LogP contribution in [0.1, 0.15) is 26.2 Å². The summed E-state index contributed by atoms with van der Waals surface area (Å²) in [6, 6.07) is -0.215. The minimum Gasteiger partial charge on any atom is -0.480 e. The molecule has 0 bridgehead atoms. The number of carboxylic acids is 1. The molecule has 0 aromatic rings. The second kappa shape index (κ2) is 5.11. The minimum atomic E-state index is -0.964. The highest BCUT2D eigenvalue weighted by atomic mass is 16.4. The molecule has 5 heteroatoms. The molecule has 0 aromatic carbocycles. The molecule has 1 amide bonds. The number of carbonyl (C=O) groups excluding carboxylic acids is 1. The summed E-state index contributed by atoms with van der Waals surface area (Å²) in [5, 5.41) is 8.68. The third-order valence-corrected chi connectivity index (χ3v) is 2.35. The number of rotatable bonds is 6. The highest BCUT2D eigenvalue weighted by molar-refractivity contribution is 5.81. The van der Waals surface area contributed by atoms with E-state index in [2.05, 4.69) is 0 Å². The van der Waals surface area contributed by atoms with E-state index < -0.39 is 5.97 Å². The number of hydrogen-bond donors (Lipinski definition) is 2. The molecule has 0 radical (unpaired) electrons. The van der Waals surface area contributed by atoms with Gasteiger partial charge in [-0.15, -0.1) is 0 Å². The zero-order chi connectivity index (χ0) is 11.4. The molecule has 1 saturated carbocycles. The molecule has 0 saturated heterocycles. The van der Waals surface area contributed by atoms with Crippen LogP contribution in [0.2, 0.25) is 0 Å². The summed E-state index contributed by atoms with van der Waals surface area (Å²) in [5.74, 6) is -0.616. The Balaban J connectivity index is 2.45. The van der Waals surface area contributed by atoms with Gasteiger partial charge in [-0.25, -0.2) is 0 Å². The van der Waals surface area contributed by atoms with E-state index in [0.29, 0.717) is 12.5 Å². The smallest absolute Gasteiger partial charge is 0.323 e. The second-order valence-corrected chi connectivity index (χ2v) is 4.29. The SMILES string of the molecule is CC(N)CC(=O)N(CC(=O)O)CC1CC1. The first-order valence-electron chi connectivity index (χ1n) is 5.24. The Morgan fingerprint density at radius 3 is 2.53 bits per heavy atom. The topological polar surface area (TPSA) is 83.6 Å². The zero-order valence-electron chi connectivity index (χ0n) is 8.98. The molecule has 1 aliphatic carbocycles. The lowest BCUT2D eigenvalue weighted by Gasteiger charge is -2.21. The third kappa shape index (κ3) is 4.78. The highest BCUT2D eigenvalue weighted by Crippen LogP contribution is 2.29. The lowest BCUT2D eigenvalue weighted by molar-refractivity contribution is -0.144. The fourth-order valence-electron chi connectivity index (χ4n) is 1.43. The fraction of sp³-hybridized carbons (Fsp3) is 0.800. The molecule has 86 valence electrons. The first kappa shape index (κ1) is 12.0. The molecule has 1 rings (SSSR count). The molecule has 5 nitrogen and oxygen atoms in total. The Bertz CT molecular complexity index is 249. The molecule has 15 heavy (non-hydrogen) atoms. The van der Waals surface area contributed by atoms with Gasteiger partial charge in [0.25, 0.3) is 0 Å². The number of amides is 1. The summed E-state index contributed by atoms with van der Waals surface area (Å²) in [6.45, 7) is 2.11. The molecular formula is C10H18N2O3. The summed E-state index contributed by atoms with van der Waals surface area (Å²) in [6.07, 6.45) is 2.42. The van der Waals surface area contributed by atoms with Crippen molar-refractivity contribution in [2.24, 2.45) is 11.7 Å². The van der Waals surface area contributed by atoms with Crippen molar-refractivity contribution < 1.29 is 14.7 Å². The summed E-state index contributed by atoms with van der Waals surface area (Å²) < 4.78 is 0. The van der Waals surface area contributed by atoms with Crippen molar-refractivity contribution in [1.29, 1.82) is 0 Å². The first-order valence-corrected chi connectivity index (χ1v) is 5.24. The van der Waals surface area contributed by atoms with E-state index in [4.69, 9.17) is 10.8 Å². The van der Waals surface area contributed by atoms with Gasteiger partial charge >= 0.3 is 5.97 Å². The zero-order valence-corrected chi connectivity index (χ0v) is 8.98. The van der Waals surface area contributed by atoms with Crippen LogP contribution in [-0.4, -0.2) is 41.0 Å². The van der Waals surface area contributed by atoms with Crippen LogP contribution < -0.4 is 5.73 Å². The Labute approximate surface area is 89.2 Å². The van der Waals surface area contributed by atoms with E-state index in [1.807, 2.05) is 0 Å². The average molecular weight is 214 g/mol. The maximum Gasteiger partial charge on any atom is 0.323 e. The monoisotopic (exact) mass is 214 g/mol. The molecule has 0 aromatic heterocycles. The van der Waals surface area contributed by atoms with Crippen LogP contribution in [0.3, 0.4) is 0 Å². The lowest BCUT2D eigenvalue weighted by Crippen LogP contribution is -2.39. The lowest BCUT2D eigenvalue weighted by atomic mass is 10.2. The first-order chi connectivity index (χ1) is 6.99. The Hall–Kier alpha value is -1.10. The van der Waals surface area contributed by atoms with Crippen LogP contribution in [0.4, 0.5) is 0 Å². The van der Waals surface area contributed by atoms with Gasteiger partial charge in [-0.3, -0.25) is 9.59 Å². The predicted molar refractivity (Wildman–Crippen MR) is 55.2 cm³/mol. The third-order valence-electron chi connectivity index (χ3n) is 2.35. The van der Waals surface area contributed by atoms with Crippen LogP contribution in [0.25, 0.3) is 0 Å². The van der Waals surface area contributed by atoms with Crippen LogP contribution in [0.15, 0.2) is 0 Å². The van der Waals surface area contributed by atoms with Crippen LogP contribution in [-0.2, 0) is 9.59 Å². The van der Waals surface area contributed by atoms with Crippen LogP contribution >= 0.6 is 0 Å². The van der Waals surface area contributed by atoms with Gasteiger partial charge in [0.2, 0.25) is 5.91 Å². The maximum absolute atomic E-state index is 11.6. The van der Waals surface area contributed by atoms with Gasteiger partial charge in [-0.2, -0.15) is 0 Å². The van der Waals surface area contributed by atoms with Crippen molar-refractivity contribution >= 4 is 11.9 Å². The van der Waals surface area contributed by atoms with Crippen LogP contribution in [0.5, 0.6) is 0 Å². The molecule has 1 atom stereocenters. The van der Waals surface area contributed by atoms with E-state index in [0.717, 1.165) is 12.8 Å². The van der Waals surface area contributed by atoms with Gasteiger partial charge in [0.1, 0.15) is 6.54 Å². The molecule has 1 unspecified atom stereocenters. The Morgan fingerprint density at radius 1 is 1.53 bits per heavy atom. The predicted octanol–water partition coefficient (Wildman–Crippen LogP) is 0.0469. The van der Waals surface area contributed by atoms with Gasteiger partial charge in [-0.1, -0.05) is 0 Å². The van der Waals surface area contributed by atoms with Gasteiger partial charge in [0.15, 0.2) is 0 Å². The highest BCUT2D eigenvalue weighted by Gasteiger charge is 2.27. The van der Waals surface area contributed by atoms with E-state index in [-0.39, 0.29) is 24.9 Å². The van der Waals surface area contributed by atoms with Crippen molar-refractivity contribution in [3.63, 3.8) is 0 Å². The normalized spacial score (nSPS) is 17.2. The van der Waals surface area contributed by atoms with Crippen molar-refractivity contribution in [1.82, 2.24) is 4.90 Å². The maximum atomic E-state index is 11.6. The molecule has 0 spiro atoms. The van der Waals surface area contributed by atoms with Crippen LogP contribution in [0, 0.1) is 5.92 Å². The summed E-state index contributed by atoms with van der Waals surface area (Å²) in [5.41, 5.74) is 5.51. The number of nitrogens with two attached hydrogens (primary N) is 1. The molecule has 0 aliphatic heterocycles. The summed E-state index contributed by atoms with van der Waals surface area (Å²) >= 11 is 0. The van der Waals surface area contributed by atoms with E-state index in [1.165, 1.54) is 4.90 Å². The largest absolute Gasteiger partial charge is 0.480 e. The molecule has 3 N–H and O–H groups in total. The van der Waals surface area contributed by atoms with Gasteiger partial charge < -0.3 is 15.7 Å². The van der Waals surface area contributed by atoms with Gasteiger partial charge in [0.05, 0.1) is 0 Å². The van der Waals surface area contributed by atoms with Crippen molar-refractivity contribution in [3.8, 4) is 0 Å². The fourth-order valence-corrected chi connectivity index (χ4v) is 1.43. The number of hydrogen-bond acceptors (Lipinski definition) is 3. The Kier molecular flexibility index (Phi) is 4.08. The summed E-state index contributed by atoms with van der Waals surface area (Å²) in [7, 11) is 0. The van der Waals surface area contributed by atoms with Crippen molar-refractivity contribution in [3.05, 3.63) is 0 Å². The van der Waals surface area contributed by atoms with Crippen molar-refractivity contribution in [2.45, 2.75) is 32.2 Å². The number of aliphatic carboxylic acids is 1. The number of nitrogens with zero attached hydrogens (tertiary/aromatic N) is 1. The number of carboxylic acid groups (broad SMARTS) is 1. The van der Waals surface area contributed by atoms with Gasteiger partial charge in [-0.05, 0) is 25.7 Å². The number of carbonyl (C=O) groups is 2. The van der Waals surface area contributed by atoms with E-state index >= 15 is 0 Å². The second-order valence-electron chi connectivity index (χ2n) is 4.29.